The van der Waals surface area contributed by atoms with Gasteiger partial charge in [0.15, 0.2) is 5.76 Å². The fourth-order valence-corrected chi connectivity index (χ4v) is 9.27. The van der Waals surface area contributed by atoms with Crippen molar-refractivity contribution in [3.05, 3.63) is 35.8 Å². The van der Waals surface area contributed by atoms with E-state index in [1.807, 2.05) is 6.08 Å². The van der Waals surface area contributed by atoms with Crippen LogP contribution in [0.3, 0.4) is 0 Å². The predicted molar refractivity (Wildman–Crippen MR) is 164 cm³/mol. The van der Waals surface area contributed by atoms with Crippen molar-refractivity contribution in [1.82, 2.24) is 4.90 Å². The van der Waals surface area contributed by atoms with Crippen LogP contribution in [0.2, 0.25) is 0 Å². The number of carbonyl (C=O) groups excluding carboxylic acids is 1. The van der Waals surface area contributed by atoms with Gasteiger partial charge in [-0.25, -0.2) is 0 Å². The fourth-order valence-electron chi connectivity index (χ4n) is 9.27. The number of carbonyl (C=O) groups is 1. The second-order valence-corrected chi connectivity index (χ2v) is 14.4. The van der Waals surface area contributed by atoms with Crippen molar-refractivity contribution in [3.63, 3.8) is 0 Å². The molecule has 5 fully saturated rings. The van der Waals surface area contributed by atoms with E-state index in [1.54, 1.807) is 0 Å². The van der Waals surface area contributed by atoms with Crippen LogP contribution < -0.4 is 0 Å². The topological polar surface area (TPSA) is 68.2 Å². The Labute approximate surface area is 253 Å². The zero-order chi connectivity index (χ0) is 29.2. The molecule has 2 saturated heterocycles. The van der Waals surface area contributed by atoms with Crippen LogP contribution in [0.15, 0.2) is 35.8 Å². The van der Waals surface area contributed by atoms with E-state index >= 15 is 0 Å². The summed E-state index contributed by atoms with van der Waals surface area (Å²) in [7, 11) is 0. The van der Waals surface area contributed by atoms with Gasteiger partial charge in [0.25, 0.3) is 0 Å². The summed E-state index contributed by atoms with van der Waals surface area (Å²) in [5.41, 5.74) is -0.0164. The van der Waals surface area contributed by atoms with Gasteiger partial charge < -0.3 is 19.3 Å². The molecule has 6 heteroatoms. The molecule has 4 aliphatic carbocycles. The van der Waals surface area contributed by atoms with Gasteiger partial charge in [0.2, 0.25) is 6.79 Å². The Hall–Kier alpha value is -1.79. The molecule has 6 atom stereocenters. The number of piperidine rings is 1. The summed E-state index contributed by atoms with van der Waals surface area (Å²) in [4.78, 5) is 15.0. The lowest BCUT2D eigenvalue weighted by Crippen LogP contribution is -2.75. The van der Waals surface area contributed by atoms with E-state index in [4.69, 9.17) is 14.2 Å². The number of unbranched alkanes of at least 4 members (excludes halogenated alkanes) is 10. The third-order valence-electron chi connectivity index (χ3n) is 11.6. The number of aliphatic hydroxyl groups is 1. The first-order chi connectivity index (χ1) is 20.5. The second-order valence-electron chi connectivity index (χ2n) is 14.4. The van der Waals surface area contributed by atoms with Crippen LogP contribution in [0.5, 0.6) is 0 Å². The lowest BCUT2D eigenvalue weighted by atomic mass is 9.44. The molecule has 1 spiro atoms. The molecule has 6 rings (SSSR count). The number of allylic oxidation sites excluding steroid dienone is 3. The molecule has 2 heterocycles. The molecule has 2 bridgehead atoms. The molecule has 42 heavy (non-hydrogen) atoms. The number of hydrogen-bond donors (Lipinski definition) is 1. The minimum atomic E-state index is -0.772. The quantitative estimate of drug-likeness (QED) is 0.0827. The molecule has 0 aromatic rings. The summed E-state index contributed by atoms with van der Waals surface area (Å²) in [5.74, 6) is 2.54. The maximum Gasteiger partial charge on any atom is 0.308 e. The van der Waals surface area contributed by atoms with Crippen LogP contribution in [-0.2, 0) is 19.0 Å². The SMILES string of the molecule is C=C1CC[C@@]2(O)C3CC4C=CC(OCOC(=O)CCCCCCCCCCCCC)=C5O[C@@H]1[C@]2(CCN3CC1CC1)C54. The average molecular weight is 582 g/mol. The Morgan fingerprint density at radius 3 is 2.50 bits per heavy atom. The molecule has 0 aromatic heterocycles. The average Bonchev–Trinajstić information content (AvgIpc) is 3.72. The molecule has 2 aliphatic heterocycles. The van der Waals surface area contributed by atoms with Crippen molar-refractivity contribution in [2.45, 2.75) is 140 Å². The van der Waals surface area contributed by atoms with Crippen molar-refractivity contribution >= 4 is 5.97 Å². The smallest absolute Gasteiger partial charge is 0.308 e. The number of esters is 1. The number of nitrogens with zero attached hydrogens (tertiary/aromatic N) is 1. The van der Waals surface area contributed by atoms with Crippen LogP contribution in [-0.4, -0.2) is 53.6 Å². The van der Waals surface area contributed by atoms with Gasteiger partial charge >= 0.3 is 5.97 Å². The summed E-state index contributed by atoms with van der Waals surface area (Å²) < 4.78 is 18.3. The van der Waals surface area contributed by atoms with Crippen LogP contribution in [0.1, 0.15) is 122 Å². The molecule has 0 amide bonds. The minimum absolute atomic E-state index is 0.0934. The molecule has 1 N–H and O–H groups in total. The lowest BCUT2D eigenvalue weighted by molar-refractivity contribution is -0.240. The van der Waals surface area contributed by atoms with Crippen molar-refractivity contribution in [2.24, 2.45) is 23.2 Å². The molecule has 0 aromatic carbocycles. The molecule has 3 saturated carbocycles. The largest absolute Gasteiger partial charge is 0.485 e. The van der Waals surface area contributed by atoms with E-state index < -0.39 is 5.60 Å². The van der Waals surface area contributed by atoms with E-state index in [1.165, 1.54) is 70.6 Å². The summed E-state index contributed by atoms with van der Waals surface area (Å²) in [6.45, 7) is 8.73. The first kappa shape index (κ1) is 30.2. The number of hydrogen-bond acceptors (Lipinski definition) is 6. The Morgan fingerprint density at radius 1 is 1.07 bits per heavy atom. The highest BCUT2D eigenvalue weighted by Gasteiger charge is 2.76. The van der Waals surface area contributed by atoms with Crippen molar-refractivity contribution in [2.75, 3.05) is 19.9 Å². The third-order valence-corrected chi connectivity index (χ3v) is 11.6. The first-order valence-electron chi connectivity index (χ1n) is 17.5. The summed E-state index contributed by atoms with van der Waals surface area (Å²) in [6, 6.07) is 0.176. The van der Waals surface area contributed by atoms with E-state index in [0.29, 0.717) is 18.1 Å². The van der Waals surface area contributed by atoms with Gasteiger partial charge in [-0.1, -0.05) is 83.8 Å². The summed E-state index contributed by atoms with van der Waals surface area (Å²) in [6.07, 6.45) is 24.6. The van der Waals surface area contributed by atoms with E-state index in [2.05, 4.69) is 24.5 Å². The van der Waals surface area contributed by atoms with E-state index in [0.717, 1.165) is 68.9 Å². The van der Waals surface area contributed by atoms with Gasteiger partial charge in [0, 0.05) is 24.9 Å². The molecular formula is C36H55NO5. The van der Waals surface area contributed by atoms with Crippen molar-refractivity contribution < 1.29 is 24.1 Å². The molecule has 6 aliphatic rings. The number of ether oxygens (including phenoxy) is 3. The maximum atomic E-state index is 12.5. The van der Waals surface area contributed by atoms with Gasteiger partial charge in [-0.15, -0.1) is 0 Å². The predicted octanol–water partition coefficient (Wildman–Crippen LogP) is 7.57. The standard InChI is InChI=1S/C36H55NO5/c1-3-4-5-6-7-8-9-10-11-12-13-14-31(38)41-25-40-29-18-17-28-23-30-36(39)20-19-26(2)34-35(36,32(28)33(29)42-34)21-22-37(30)24-27-15-16-27/h17-18,27-28,30,32,34,39H,2-16,19-25H2,1H3/t28?,30?,32?,34-,35-,36+/m0/s1. The molecule has 6 nitrogen and oxygen atoms in total. The normalized spacial score (nSPS) is 34.8. The Balaban J connectivity index is 0.987. The van der Waals surface area contributed by atoms with Gasteiger partial charge in [0.05, 0.1) is 11.0 Å². The van der Waals surface area contributed by atoms with Gasteiger partial charge in [-0.2, -0.15) is 0 Å². The molecule has 234 valence electrons. The summed E-state index contributed by atoms with van der Waals surface area (Å²) >= 11 is 0. The second kappa shape index (κ2) is 13.1. The van der Waals surface area contributed by atoms with Crippen LogP contribution in [0, 0.1) is 23.2 Å². The van der Waals surface area contributed by atoms with Crippen LogP contribution >= 0.6 is 0 Å². The molecular weight excluding hydrogens is 526 g/mol. The fraction of sp³-hybridized carbons (Fsp3) is 0.806. The van der Waals surface area contributed by atoms with Crippen molar-refractivity contribution in [1.29, 1.82) is 0 Å². The van der Waals surface area contributed by atoms with Crippen molar-refractivity contribution in [3.8, 4) is 0 Å². The van der Waals surface area contributed by atoms with Gasteiger partial charge in [0.1, 0.15) is 11.9 Å². The highest BCUT2D eigenvalue weighted by Crippen LogP contribution is 2.70. The van der Waals surface area contributed by atoms with Gasteiger partial charge in [-0.3, -0.25) is 9.69 Å². The first-order valence-corrected chi connectivity index (χ1v) is 17.5. The minimum Gasteiger partial charge on any atom is -0.485 e. The lowest BCUT2D eigenvalue weighted by Gasteiger charge is -2.66. The number of rotatable bonds is 17. The molecule has 0 radical (unpaired) electrons. The van der Waals surface area contributed by atoms with E-state index in [-0.39, 0.29) is 36.2 Å². The monoisotopic (exact) mass is 581 g/mol. The maximum absolute atomic E-state index is 12.5. The Bertz CT molecular complexity index is 1050. The van der Waals surface area contributed by atoms with Crippen LogP contribution in [0.25, 0.3) is 0 Å². The zero-order valence-corrected chi connectivity index (χ0v) is 26.1. The van der Waals surface area contributed by atoms with Crippen LogP contribution in [0.4, 0.5) is 0 Å². The van der Waals surface area contributed by atoms with Gasteiger partial charge in [-0.05, 0) is 75.0 Å². The zero-order valence-electron chi connectivity index (χ0n) is 26.1. The molecule has 3 unspecified atom stereocenters. The highest BCUT2D eigenvalue weighted by atomic mass is 16.7. The number of likely N-dealkylation sites (tertiary alicyclic amines) is 1. The van der Waals surface area contributed by atoms with E-state index in [9.17, 15) is 9.90 Å². The highest BCUT2D eigenvalue weighted by molar-refractivity contribution is 5.69. The third kappa shape index (κ3) is 5.72. The Kier molecular flexibility index (Phi) is 9.40. The summed E-state index contributed by atoms with van der Waals surface area (Å²) in [5, 5.41) is 12.5. The Morgan fingerprint density at radius 2 is 1.79 bits per heavy atom.